The molecule has 0 unspecified atom stereocenters. The lowest BCUT2D eigenvalue weighted by Crippen LogP contribution is -2.07. The first kappa shape index (κ1) is 14.8. The summed E-state index contributed by atoms with van der Waals surface area (Å²) in [6.07, 6.45) is -4.44. The molecule has 0 bridgehead atoms. The number of alkyl halides is 3. The number of halogens is 5. The van der Waals surface area contributed by atoms with E-state index in [1.165, 1.54) is 6.07 Å². The number of hydrogen-bond acceptors (Lipinski definition) is 4. The Labute approximate surface area is 121 Å². The van der Waals surface area contributed by atoms with E-state index in [1.807, 2.05) is 0 Å². The van der Waals surface area contributed by atoms with E-state index in [0.29, 0.717) is 5.56 Å². The smallest absolute Gasteiger partial charge is 0.337 e. The summed E-state index contributed by atoms with van der Waals surface area (Å²) in [5, 5.41) is 9.33. The zero-order valence-corrected chi connectivity index (χ0v) is 11.5. The Hall–Kier alpha value is -1.60. The molecule has 4 nitrogen and oxygen atoms in total. The van der Waals surface area contributed by atoms with Crippen LogP contribution in [0.4, 0.5) is 24.7 Å². The molecule has 0 saturated carbocycles. The minimum absolute atomic E-state index is 0.0362. The third-order valence-corrected chi connectivity index (χ3v) is 2.85. The van der Waals surface area contributed by atoms with E-state index in [9.17, 15) is 13.2 Å². The normalized spacial score (nSPS) is 11.5. The standard InChI is InChI=1S/C11H7Cl2F3N4/c1-5-2-3-6(11(14,15)16)4-7(5)17-9-8(12)19-20-10(13)18-9/h2-4H,1H3,(H,17,18,20). The molecule has 20 heavy (non-hydrogen) atoms. The van der Waals surface area contributed by atoms with Crippen molar-refractivity contribution in [2.45, 2.75) is 13.1 Å². The second-order valence-electron chi connectivity index (χ2n) is 3.87. The third kappa shape index (κ3) is 3.29. The van der Waals surface area contributed by atoms with Gasteiger partial charge in [0, 0.05) is 5.69 Å². The van der Waals surface area contributed by atoms with E-state index in [0.717, 1.165) is 12.1 Å². The third-order valence-electron chi connectivity index (χ3n) is 2.44. The average molecular weight is 323 g/mol. The van der Waals surface area contributed by atoms with Gasteiger partial charge in [-0.2, -0.15) is 18.2 Å². The molecular formula is C11H7Cl2F3N4. The first-order valence-corrected chi connectivity index (χ1v) is 6.03. The largest absolute Gasteiger partial charge is 0.416 e. The molecule has 0 amide bonds. The van der Waals surface area contributed by atoms with Crippen molar-refractivity contribution in [2.75, 3.05) is 5.32 Å². The number of nitrogens with one attached hydrogen (secondary N) is 1. The van der Waals surface area contributed by atoms with E-state index in [2.05, 4.69) is 20.5 Å². The van der Waals surface area contributed by atoms with Gasteiger partial charge in [-0.15, -0.1) is 10.2 Å². The highest BCUT2D eigenvalue weighted by Gasteiger charge is 2.30. The highest BCUT2D eigenvalue weighted by Crippen LogP contribution is 2.33. The Bertz CT molecular complexity index is 646. The quantitative estimate of drug-likeness (QED) is 0.898. The van der Waals surface area contributed by atoms with Gasteiger partial charge >= 0.3 is 6.18 Å². The fraction of sp³-hybridized carbons (Fsp3) is 0.182. The van der Waals surface area contributed by atoms with E-state index >= 15 is 0 Å². The summed E-state index contributed by atoms with van der Waals surface area (Å²) in [4.78, 5) is 3.77. The van der Waals surface area contributed by atoms with Crippen molar-refractivity contribution < 1.29 is 13.2 Å². The van der Waals surface area contributed by atoms with Crippen LogP contribution in [0.2, 0.25) is 10.4 Å². The second kappa shape index (κ2) is 5.41. The van der Waals surface area contributed by atoms with Crippen LogP contribution in [0.25, 0.3) is 0 Å². The van der Waals surface area contributed by atoms with Gasteiger partial charge in [-0.3, -0.25) is 0 Å². The minimum atomic E-state index is -4.44. The lowest BCUT2D eigenvalue weighted by Gasteiger charge is -2.13. The molecule has 2 aromatic rings. The zero-order valence-electron chi connectivity index (χ0n) is 9.96. The first-order chi connectivity index (χ1) is 9.27. The molecule has 0 spiro atoms. The minimum Gasteiger partial charge on any atom is -0.337 e. The van der Waals surface area contributed by atoms with Crippen LogP contribution < -0.4 is 5.32 Å². The predicted octanol–water partition coefficient (Wildman–Crippen LogP) is 4.25. The summed E-state index contributed by atoms with van der Waals surface area (Å²) in [6.45, 7) is 1.65. The van der Waals surface area contributed by atoms with Crippen molar-refractivity contribution in [3.8, 4) is 0 Å². The van der Waals surface area contributed by atoms with Crippen LogP contribution in [0, 0.1) is 6.92 Å². The summed E-state index contributed by atoms with van der Waals surface area (Å²) in [5.74, 6) is 0.0362. The Morgan fingerprint density at radius 2 is 1.85 bits per heavy atom. The van der Waals surface area contributed by atoms with Crippen LogP contribution in [0.15, 0.2) is 18.2 Å². The predicted molar refractivity (Wildman–Crippen MR) is 69.3 cm³/mol. The Balaban J connectivity index is 2.40. The van der Waals surface area contributed by atoms with Gasteiger partial charge in [0.1, 0.15) is 0 Å². The van der Waals surface area contributed by atoms with Gasteiger partial charge < -0.3 is 5.32 Å². The Kier molecular flexibility index (Phi) is 4.01. The molecular weight excluding hydrogens is 316 g/mol. The number of aryl methyl sites for hydroxylation is 1. The summed E-state index contributed by atoms with van der Waals surface area (Å²) in [6, 6.07) is 3.30. The van der Waals surface area contributed by atoms with Gasteiger partial charge in [0.2, 0.25) is 5.28 Å². The summed E-state index contributed by atoms with van der Waals surface area (Å²) in [5.41, 5.74) is 0.0110. The average Bonchev–Trinajstić information content (AvgIpc) is 2.35. The topological polar surface area (TPSA) is 50.7 Å². The summed E-state index contributed by atoms with van der Waals surface area (Å²) >= 11 is 11.3. The molecule has 0 aliphatic heterocycles. The number of anilines is 2. The van der Waals surface area contributed by atoms with Crippen LogP contribution in [0.1, 0.15) is 11.1 Å². The zero-order chi connectivity index (χ0) is 14.9. The number of benzene rings is 1. The summed E-state index contributed by atoms with van der Waals surface area (Å²) < 4.78 is 38.0. The Morgan fingerprint density at radius 1 is 1.15 bits per heavy atom. The number of nitrogens with zero attached hydrogens (tertiary/aromatic N) is 3. The lowest BCUT2D eigenvalue weighted by molar-refractivity contribution is -0.137. The van der Waals surface area contributed by atoms with Gasteiger partial charge in [-0.1, -0.05) is 17.7 Å². The van der Waals surface area contributed by atoms with Crippen LogP contribution in [0.3, 0.4) is 0 Å². The lowest BCUT2D eigenvalue weighted by atomic mass is 10.1. The van der Waals surface area contributed by atoms with Gasteiger partial charge in [-0.05, 0) is 36.2 Å². The fourth-order valence-electron chi connectivity index (χ4n) is 1.43. The molecule has 0 saturated heterocycles. The van der Waals surface area contributed by atoms with E-state index < -0.39 is 11.7 Å². The maximum Gasteiger partial charge on any atom is 0.416 e. The molecule has 0 fully saturated rings. The molecule has 106 valence electrons. The van der Waals surface area contributed by atoms with E-state index in [1.54, 1.807) is 6.92 Å². The summed E-state index contributed by atoms with van der Waals surface area (Å²) in [7, 11) is 0. The van der Waals surface area contributed by atoms with Crippen LogP contribution in [-0.4, -0.2) is 15.2 Å². The second-order valence-corrected chi connectivity index (χ2v) is 4.57. The van der Waals surface area contributed by atoms with Gasteiger partial charge in [0.15, 0.2) is 11.0 Å². The molecule has 0 atom stereocenters. The van der Waals surface area contributed by atoms with Crippen molar-refractivity contribution >= 4 is 34.7 Å². The first-order valence-electron chi connectivity index (χ1n) is 5.28. The molecule has 1 aromatic carbocycles. The SMILES string of the molecule is Cc1ccc(C(F)(F)F)cc1Nc1nc(Cl)nnc1Cl. The van der Waals surface area contributed by atoms with Gasteiger partial charge in [0.05, 0.1) is 5.56 Å². The fourth-order valence-corrected chi connectivity index (χ4v) is 1.68. The Morgan fingerprint density at radius 3 is 2.50 bits per heavy atom. The van der Waals surface area contributed by atoms with Crippen LogP contribution in [0.5, 0.6) is 0 Å². The van der Waals surface area contributed by atoms with Crippen LogP contribution in [-0.2, 0) is 6.18 Å². The van der Waals surface area contributed by atoms with Gasteiger partial charge in [0.25, 0.3) is 0 Å². The van der Waals surface area contributed by atoms with Gasteiger partial charge in [-0.25, -0.2) is 0 Å². The highest BCUT2D eigenvalue weighted by atomic mass is 35.5. The van der Waals surface area contributed by atoms with E-state index in [4.69, 9.17) is 23.2 Å². The van der Waals surface area contributed by atoms with Crippen molar-refractivity contribution in [3.05, 3.63) is 39.8 Å². The number of aromatic nitrogens is 3. The van der Waals surface area contributed by atoms with Crippen LogP contribution >= 0.6 is 23.2 Å². The number of rotatable bonds is 2. The number of hydrogen-bond donors (Lipinski definition) is 1. The van der Waals surface area contributed by atoms with Crippen molar-refractivity contribution in [1.29, 1.82) is 0 Å². The van der Waals surface area contributed by atoms with E-state index in [-0.39, 0.29) is 21.9 Å². The molecule has 0 aliphatic rings. The molecule has 9 heteroatoms. The molecule has 0 radical (unpaired) electrons. The molecule has 1 aromatic heterocycles. The highest BCUT2D eigenvalue weighted by molar-refractivity contribution is 6.32. The van der Waals surface area contributed by atoms with Crippen molar-refractivity contribution in [2.24, 2.45) is 0 Å². The monoisotopic (exact) mass is 322 g/mol. The maximum absolute atomic E-state index is 12.7. The maximum atomic E-state index is 12.7. The molecule has 0 aliphatic carbocycles. The molecule has 2 rings (SSSR count). The van der Waals surface area contributed by atoms with Crippen molar-refractivity contribution in [1.82, 2.24) is 15.2 Å². The molecule has 1 heterocycles. The molecule has 1 N–H and O–H groups in total. The van der Waals surface area contributed by atoms with Crippen molar-refractivity contribution in [3.63, 3.8) is 0 Å².